The molecule has 686 valence electrons. The molecule has 0 radical (unpaired) electrons. The van der Waals surface area contributed by atoms with Gasteiger partial charge < -0.3 is 49.6 Å². The van der Waals surface area contributed by atoms with E-state index < -0.39 is 71.3 Å². The maximum atomic E-state index is 14.7. The van der Waals surface area contributed by atoms with E-state index >= 15 is 0 Å². The molecular weight excluding hydrogens is 1810 g/mol. The molecule has 0 saturated carbocycles. The van der Waals surface area contributed by atoms with Crippen molar-refractivity contribution < 1.29 is 113 Å². The van der Waals surface area contributed by atoms with E-state index in [1.807, 2.05) is 36.4 Å². The third-order valence-corrected chi connectivity index (χ3v) is 21.0. The Labute approximate surface area is 779 Å². The molecule has 14 aromatic carbocycles. The number of nitrogens with zero attached hydrogens (tertiary/aromatic N) is 2. The Balaban J connectivity index is 0.000000170. The molecule has 0 aromatic heterocycles. The van der Waals surface area contributed by atoms with Crippen molar-refractivity contribution in [2.45, 2.75) is 37.2 Å². The number of Topliss-reactive ketones (excluding diaryl/α,β-unsaturated/α-hetero) is 3. The van der Waals surface area contributed by atoms with Crippen LogP contribution in [0.1, 0.15) is 99.6 Å². The number of ketones is 3. The van der Waals surface area contributed by atoms with Crippen molar-refractivity contribution >= 4 is 69.7 Å². The second-order valence-electron chi connectivity index (χ2n) is 29.8. The van der Waals surface area contributed by atoms with Crippen molar-refractivity contribution in [3.63, 3.8) is 0 Å². The number of aldehydes is 2. The zero-order chi connectivity index (χ0) is 97.0. The molecular formula is C107H85BrF7N3O17. The molecule has 14 aromatic rings. The fourth-order valence-electron chi connectivity index (χ4n) is 13.5. The lowest BCUT2D eigenvalue weighted by Crippen LogP contribution is -2.48. The van der Waals surface area contributed by atoms with Crippen LogP contribution >= 0.6 is 15.9 Å². The summed E-state index contributed by atoms with van der Waals surface area (Å²) in [6, 6.07) is 86.9. The smallest absolute Gasteiger partial charge is 0.379 e. The van der Waals surface area contributed by atoms with E-state index in [2.05, 4.69) is 35.6 Å². The number of rotatable bonds is 22. The Kier molecular flexibility index (Phi) is 38.0. The average Bonchev–Trinajstić information content (AvgIpc) is 1.42. The minimum atomic E-state index is -1.49. The molecule has 2 unspecified atom stereocenters. The number of carboxylic acids is 1. The molecule has 1 amide bonds. The summed E-state index contributed by atoms with van der Waals surface area (Å²) in [5.74, 6) is -8.85. The van der Waals surface area contributed by atoms with Crippen LogP contribution in [0.3, 0.4) is 0 Å². The molecule has 1 saturated heterocycles. The SMILES string of the molecule is COC(=O)C(=O)c1cccc(-c2ccc(F)cc2)c1.COC(=O)C(O)c1cccc(-c2ccc(F)cc2)c1.N#CC(O)c1cccc(-c2ccc(F)cc2)c1.O=C(N[C@H](CN1CCCC1)[C@H](O)c1cc(F)c2c(c1)OCCO2)C(=O)c1cccc(-c2ccc(F)cc2)c1.O=C(O)C(=O)c1cccc(-c2ccc(F)cc2)c1.O=Cc1cccc(-c2ccc(F)cc2)c1.O=Cc1cccc(Br)c1. The van der Waals surface area contributed by atoms with Crippen LogP contribution in [-0.2, 0) is 28.7 Å². The summed E-state index contributed by atoms with van der Waals surface area (Å²) in [6.45, 7) is 2.35. The third-order valence-electron chi connectivity index (χ3n) is 20.5. The summed E-state index contributed by atoms with van der Waals surface area (Å²) < 4.78 is 113. The lowest BCUT2D eigenvalue weighted by molar-refractivity contribution is -0.150. The summed E-state index contributed by atoms with van der Waals surface area (Å²) in [4.78, 5) is 105. The van der Waals surface area contributed by atoms with Gasteiger partial charge in [-0.3, -0.25) is 28.8 Å². The van der Waals surface area contributed by atoms with Crippen molar-refractivity contribution in [1.29, 1.82) is 5.26 Å². The number of likely N-dealkylation sites (tertiary alicyclic amines) is 1. The highest BCUT2D eigenvalue weighted by Crippen LogP contribution is 2.38. The lowest BCUT2D eigenvalue weighted by Gasteiger charge is -2.29. The van der Waals surface area contributed by atoms with Crippen LogP contribution in [0.25, 0.3) is 66.8 Å². The van der Waals surface area contributed by atoms with Gasteiger partial charge in [0.1, 0.15) is 66.8 Å². The third kappa shape index (κ3) is 30.1. The van der Waals surface area contributed by atoms with Gasteiger partial charge in [0.25, 0.3) is 17.5 Å². The number of aliphatic hydroxyl groups excluding tert-OH is 3. The zero-order valence-electron chi connectivity index (χ0n) is 72.1. The number of nitriles is 1. The minimum absolute atomic E-state index is 0.0106. The molecule has 0 bridgehead atoms. The number of fused-ring (bicyclic) bond motifs is 1. The number of carbonyl (C=O) groups excluding carboxylic acids is 8. The van der Waals surface area contributed by atoms with Gasteiger partial charge in [0.2, 0.25) is 5.78 Å². The topological polar surface area (TPSA) is 311 Å². The van der Waals surface area contributed by atoms with Gasteiger partial charge in [-0.15, -0.1) is 0 Å². The summed E-state index contributed by atoms with van der Waals surface area (Å²) in [6.07, 6.45) is -0.142. The molecule has 28 heteroatoms. The van der Waals surface area contributed by atoms with Crippen LogP contribution in [0.15, 0.2) is 332 Å². The number of nitrogens with one attached hydrogen (secondary N) is 1. The standard InChI is InChI=1S/C29H28F2N2O5.C15H13FO3.C15H11FO3.C14H10FNO.C14H9FO3.C13H9FO.C7H5BrO/c30-22-8-6-18(7-9-22)19-4-3-5-20(14-19)27(35)29(36)32-24(17-33-10-1-2-11-33)26(34)21-15-23(31)28-25(16-21)37-12-13-38-28;2*1-19-15(18)14(17)12-4-2-3-11(9-12)10-5-7-13(16)8-6-10;15-13-6-4-10(5-7-13)11-2-1-3-12(8-11)14(17)9-16;15-12-6-4-9(5-7-12)10-2-1-3-11(8-10)13(16)14(17)18;14-13-6-4-11(5-7-13)12-3-1-2-10(8-12)9-15;8-7-3-1-2-6(4-7)5-9/h3-9,14-16,24,26,34H,1-2,10-13,17H2,(H,32,36);2-9,14,17H,1H3;2-9H,1H3;1-8,14,17H;1-8H,(H,17,18);1-9H;1-5H/t24-,26-;;;;;;/m1....../s1. The molecule has 5 N–H and O–H groups in total. The molecule has 1 fully saturated rings. The maximum Gasteiger partial charge on any atom is 0.379 e. The van der Waals surface area contributed by atoms with Crippen LogP contribution in [0, 0.1) is 52.1 Å². The Morgan fingerprint density at radius 2 is 0.785 bits per heavy atom. The first-order valence-corrected chi connectivity index (χ1v) is 42.2. The largest absolute Gasteiger partial charge is 0.486 e. The number of amides is 1. The highest BCUT2D eigenvalue weighted by atomic mass is 79.9. The Morgan fingerprint density at radius 1 is 0.422 bits per heavy atom. The molecule has 2 aliphatic heterocycles. The fourth-order valence-corrected chi connectivity index (χ4v) is 14.0. The normalized spacial score (nSPS) is 12.3. The van der Waals surface area contributed by atoms with Crippen LogP contribution in [0.4, 0.5) is 30.7 Å². The van der Waals surface area contributed by atoms with Gasteiger partial charge in [-0.1, -0.05) is 210 Å². The molecule has 0 spiro atoms. The van der Waals surface area contributed by atoms with Crippen molar-refractivity contribution in [2.75, 3.05) is 47.1 Å². The molecule has 16 rings (SSSR count). The molecule has 4 atom stereocenters. The second kappa shape index (κ2) is 50.6. The van der Waals surface area contributed by atoms with E-state index in [0.29, 0.717) is 38.9 Å². The van der Waals surface area contributed by atoms with Crippen molar-refractivity contribution in [3.05, 3.63) is 417 Å². The van der Waals surface area contributed by atoms with Crippen molar-refractivity contribution in [3.8, 4) is 84.3 Å². The quantitative estimate of drug-likeness (QED) is 0.0105. The molecule has 0 aliphatic carbocycles. The lowest BCUT2D eigenvalue weighted by atomic mass is 9.99. The van der Waals surface area contributed by atoms with Gasteiger partial charge in [0.15, 0.2) is 29.5 Å². The minimum Gasteiger partial charge on any atom is -0.486 e. The zero-order valence-corrected chi connectivity index (χ0v) is 73.7. The van der Waals surface area contributed by atoms with Gasteiger partial charge in [-0.05, 0) is 243 Å². The van der Waals surface area contributed by atoms with Crippen molar-refractivity contribution in [2.24, 2.45) is 0 Å². The van der Waals surface area contributed by atoms with Gasteiger partial charge in [0, 0.05) is 38.8 Å². The fraction of sp³-hybridized carbons (Fsp3) is 0.121. The number of halogens is 8. The summed E-state index contributed by atoms with van der Waals surface area (Å²) in [7, 11) is 2.37. The first-order valence-electron chi connectivity index (χ1n) is 41.4. The number of carbonyl (C=O) groups is 9. The summed E-state index contributed by atoms with van der Waals surface area (Å²) in [5, 5.41) is 50.4. The number of hydrogen-bond donors (Lipinski definition) is 5. The Bertz CT molecular complexity index is 6500. The molecule has 2 heterocycles. The maximum absolute atomic E-state index is 14.7. The molecule has 2 aliphatic rings. The van der Waals surface area contributed by atoms with Crippen LogP contribution in [0.2, 0.25) is 0 Å². The molecule has 20 nitrogen and oxygen atoms in total. The van der Waals surface area contributed by atoms with E-state index in [1.54, 1.807) is 188 Å². The Hall–Kier alpha value is -15.8. The molecule has 135 heavy (non-hydrogen) atoms. The Morgan fingerprint density at radius 3 is 1.18 bits per heavy atom. The predicted octanol–water partition coefficient (Wildman–Crippen LogP) is 20.8. The number of carboxylic acid groups (broad SMARTS) is 1. The number of aliphatic hydroxyl groups is 3. The number of benzene rings is 14. The monoisotopic (exact) mass is 1900 g/mol. The highest BCUT2D eigenvalue weighted by Gasteiger charge is 2.32. The van der Waals surface area contributed by atoms with Crippen LogP contribution < -0.4 is 14.8 Å². The number of methoxy groups -OCH3 is 2. The van der Waals surface area contributed by atoms with E-state index in [9.17, 15) is 89.2 Å². The number of hydrogen-bond acceptors (Lipinski definition) is 18. The average molecular weight is 1900 g/mol. The highest BCUT2D eigenvalue weighted by molar-refractivity contribution is 9.10. The number of aliphatic carboxylic acids is 1. The van der Waals surface area contributed by atoms with Gasteiger partial charge >= 0.3 is 17.9 Å². The summed E-state index contributed by atoms with van der Waals surface area (Å²) in [5.41, 5.74) is 12.4. The van der Waals surface area contributed by atoms with E-state index in [4.69, 9.17) is 19.8 Å². The van der Waals surface area contributed by atoms with Crippen LogP contribution in [-0.4, -0.2) is 132 Å². The van der Waals surface area contributed by atoms with E-state index in [1.165, 1.54) is 110 Å². The van der Waals surface area contributed by atoms with Crippen molar-refractivity contribution in [1.82, 2.24) is 10.2 Å². The van der Waals surface area contributed by atoms with E-state index in [-0.39, 0.29) is 88.4 Å². The first kappa shape index (κ1) is 101. The number of esters is 2. The van der Waals surface area contributed by atoms with Gasteiger partial charge in [0.05, 0.1) is 26.3 Å². The summed E-state index contributed by atoms with van der Waals surface area (Å²) >= 11 is 3.24. The van der Waals surface area contributed by atoms with Gasteiger partial charge in [-0.2, -0.15) is 5.26 Å². The second-order valence-corrected chi connectivity index (χ2v) is 30.7. The predicted molar refractivity (Wildman–Crippen MR) is 496 cm³/mol. The first-order chi connectivity index (χ1) is 65.0. The van der Waals surface area contributed by atoms with Crippen LogP contribution in [0.5, 0.6) is 11.5 Å². The number of ether oxygens (including phenoxy) is 4. The van der Waals surface area contributed by atoms with E-state index in [0.717, 1.165) is 106 Å². The van der Waals surface area contributed by atoms with Gasteiger partial charge in [-0.25, -0.2) is 45.1 Å².